The van der Waals surface area contributed by atoms with Gasteiger partial charge in [0.2, 0.25) is 5.91 Å². The summed E-state index contributed by atoms with van der Waals surface area (Å²) in [6, 6.07) is 13.9. The predicted molar refractivity (Wildman–Crippen MR) is 112 cm³/mol. The minimum atomic E-state index is -4.00. The van der Waals surface area contributed by atoms with Crippen molar-refractivity contribution in [1.29, 1.82) is 0 Å². The van der Waals surface area contributed by atoms with Gasteiger partial charge in [-0.1, -0.05) is 18.2 Å². The van der Waals surface area contributed by atoms with Gasteiger partial charge in [-0.05, 0) is 42.5 Å². The highest BCUT2D eigenvalue weighted by molar-refractivity contribution is 7.90. The Kier molecular flexibility index (Phi) is 6.30. The van der Waals surface area contributed by atoms with E-state index in [2.05, 4.69) is 5.32 Å². The molecule has 2 aromatic carbocycles. The summed E-state index contributed by atoms with van der Waals surface area (Å²) in [5.74, 6) is -1.89. The van der Waals surface area contributed by atoms with Crippen molar-refractivity contribution in [2.24, 2.45) is 0 Å². The summed E-state index contributed by atoms with van der Waals surface area (Å²) in [6.45, 7) is 1.04. The average molecular weight is 443 g/mol. The SMILES string of the molecule is CC(=O)NS(=O)(=O)c1ccc(NC(=O)c2cccn(Cc3ccccc3F)c2=O)cc1. The van der Waals surface area contributed by atoms with Gasteiger partial charge in [0.05, 0.1) is 11.4 Å². The number of pyridine rings is 1. The van der Waals surface area contributed by atoms with Crippen LogP contribution in [0.15, 0.2) is 76.6 Å². The summed E-state index contributed by atoms with van der Waals surface area (Å²) in [5.41, 5.74) is -0.212. The molecule has 160 valence electrons. The standard InChI is InChI=1S/C21H18FN3O5S/c1-14(26)24-31(29,30)17-10-8-16(9-11-17)23-20(27)18-6-4-12-25(21(18)28)13-15-5-2-3-7-19(15)22/h2-12H,13H2,1H3,(H,23,27)(H,24,26). The van der Waals surface area contributed by atoms with Crippen LogP contribution in [-0.4, -0.2) is 24.8 Å². The van der Waals surface area contributed by atoms with Crippen molar-refractivity contribution in [2.45, 2.75) is 18.4 Å². The van der Waals surface area contributed by atoms with Crippen molar-refractivity contribution >= 4 is 27.5 Å². The molecular weight excluding hydrogens is 425 g/mol. The number of amides is 2. The molecule has 10 heteroatoms. The Labute approximate surface area is 177 Å². The Balaban J connectivity index is 1.79. The van der Waals surface area contributed by atoms with E-state index in [0.717, 1.165) is 6.92 Å². The molecule has 1 heterocycles. The maximum Gasteiger partial charge on any atom is 0.264 e. The summed E-state index contributed by atoms with van der Waals surface area (Å²) >= 11 is 0. The van der Waals surface area contributed by atoms with Gasteiger partial charge in [0.25, 0.3) is 21.5 Å². The normalized spacial score (nSPS) is 11.0. The number of carbonyl (C=O) groups is 2. The Morgan fingerprint density at radius 1 is 1.00 bits per heavy atom. The number of hydrogen-bond acceptors (Lipinski definition) is 5. The molecule has 3 aromatic rings. The van der Waals surface area contributed by atoms with Gasteiger partial charge in [-0.25, -0.2) is 17.5 Å². The van der Waals surface area contributed by atoms with Gasteiger partial charge in [-0.3, -0.25) is 14.4 Å². The third kappa shape index (κ3) is 5.23. The second-order valence-electron chi connectivity index (χ2n) is 6.59. The number of sulfonamides is 1. The number of aromatic nitrogens is 1. The topological polar surface area (TPSA) is 114 Å². The maximum absolute atomic E-state index is 13.9. The lowest BCUT2D eigenvalue weighted by Crippen LogP contribution is -2.29. The Hall–Kier alpha value is -3.79. The van der Waals surface area contributed by atoms with Crippen LogP contribution >= 0.6 is 0 Å². The van der Waals surface area contributed by atoms with Crippen LogP contribution in [0.2, 0.25) is 0 Å². The highest BCUT2D eigenvalue weighted by Crippen LogP contribution is 2.15. The molecule has 0 radical (unpaired) electrons. The van der Waals surface area contributed by atoms with Crippen LogP contribution in [0, 0.1) is 5.82 Å². The van der Waals surface area contributed by atoms with Gasteiger partial charge in [0.1, 0.15) is 11.4 Å². The highest BCUT2D eigenvalue weighted by Gasteiger charge is 2.17. The minimum absolute atomic E-state index is 0.0394. The summed E-state index contributed by atoms with van der Waals surface area (Å²) in [6.07, 6.45) is 1.45. The van der Waals surface area contributed by atoms with E-state index >= 15 is 0 Å². The first-order valence-electron chi connectivity index (χ1n) is 9.05. The molecule has 0 saturated heterocycles. The number of rotatable bonds is 6. The molecule has 0 spiro atoms. The first-order valence-corrected chi connectivity index (χ1v) is 10.5. The maximum atomic E-state index is 13.9. The number of benzene rings is 2. The van der Waals surface area contributed by atoms with Crippen LogP contribution in [-0.2, 0) is 21.4 Å². The zero-order valence-corrected chi connectivity index (χ0v) is 17.1. The van der Waals surface area contributed by atoms with Crippen molar-refractivity contribution in [3.63, 3.8) is 0 Å². The van der Waals surface area contributed by atoms with Gasteiger partial charge in [0.15, 0.2) is 0 Å². The molecule has 0 aliphatic carbocycles. The van der Waals surface area contributed by atoms with Crippen LogP contribution in [0.3, 0.4) is 0 Å². The third-order valence-electron chi connectivity index (χ3n) is 4.26. The monoisotopic (exact) mass is 443 g/mol. The molecule has 1 aromatic heterocycles. The van der Waals surface area contributed by atoms with E-state index in [-0.39, 0.29) is 22.7 Å². The Bertz CT molecular complexity index is 1300. The fourth-order valence-corrected chi connectivity index (χ4v) is 3.80. The first kappa shape index (κ1) is 21.9. The van der Waals surface area contributed by atoms with Gasteiger partial charge >= 0.3 is 0 Å². The summed E-state index contributed by atoms with van der Waals surface area (Å²) < 4.78 is 40.9. The number of hydrogen-bond donors (Lipinski definition) is 2. The van der Waals surface area contributed by atoms with Crippen molar-refractivity contribution < 1.29 is 22.4 Å². The second-order valence-corrected chi connectivity index (χ2v) is 8.27. The van der Waals surface area contributed by atoms with Crippen molar-refractivity contribution in [1.82, 2.24) is 9.29 Å². The summed E-state index contributed by atoms with van der Waals surface area (Å²) in [4.78, 5) is 36.1. The van der Waals surface area contributed by atoms with Crippen molar-refractivity contribution in [3.8, 4) is 0 Å². The Morgan fingerprint density at radius 3 is 2.32 bits per heavy atom. The quantitative estimate of drug-likeness (QED) is 0.606. The molecule has 2 amide bonds. The molecule has 0 aliphatic heterocycles. The predicted octanol–water partition coefficient (Wildman–Crippen LogP) is 2.11. The van der Waals surface area contributed by atoms with Crippen LogP contribution < -0.4 is 15.6 Å². The van der Waals surface area contributed by atoms with Crippen molar-refractivity contribution in [2.75, 3.05) is 5.32 Å². The number of anilines is 1. The molecule has 8 nitrogen and oxygen atoms in total. The van der Waals surface area contributed by atoms with E-state index in [1.807, 2.05) is 4.72 Å². The Morgan fingerprint density at radius 2 is 1.68 bits per heavy atom. The molecule has 2 N–H and O–H groups in total. The van der Waals surface area contributed by atoms with Crippen molar-refractivity contribution in [3.05, 3.63) is 94.2 Å². The average Bonchev–Trinajstić information content (AvgIpc) is 2.70. The van der Waals surface area contributed by atoms with E-state index in [9.17, 15) is 27.2 Å². The highest BCUT2D eigenvalue weighted by atomic mass is 32.2. The second kappa shape index (κ2) is 8.92. The minimum Gasteiger partial charge on any atom is -0.322 e. The fourth-order valence-electron chi connectivity index (χ4n) is 2.81. The van der Waals surface area contributed by atoms with Crippen LogP contribution in [0.1, 0.15) is 22.8 Å². The molecule has 0 atom stereocenters. The van der Waals surface area contributed by atoms with E-state index in [0.29, 0.717) is 5.56 Å². The fraction of sp³-hybridized carbons (Fsp3) is 0.0952. The molecule has 0 aliphatic rings. The largest absolute Gasteiger partial charge is 0.322 e. The molecule has 3 rings (SSSR count). The van der Waals surface area contributed by atoms with E-state index in [1.165, 1.54) is 59.3 Å². The zero-order valence-electron chi connectivity index (χ0n) is 16.3. The zero-order chi connectivity index (χ0) is 22.6. The molecular formula is C21H18FN3O5S. The van der Waals surface area contributed by atoms with Gasteiger partial charge < -0.3 is 9.88 Å². The van der Waals surface area contributed by atoms with Crippen LogP contribution in [0.4, 0.5) is 10.1 Å². The third-order valence-corrected chi connectivity index (χ3v) is 5.71. The molecule has 0 unspecified atom stereocenters. The number of carbonyl (C=O) groups excluding carboxylic acids is 2. The first-order chi connectivity index (χ1) is 14.7. The summed E-state index contributed by atoms with van der Waals surface area (Å²) in [5, 5.41) is 2.51. The number of nitrogens with one attached hydrogen (secondary N) is 2. The van der Waals surface area contributed by atoms with Gasteiger partial charge in [-0.15, -0.1) is 0 Å². The van der Waals surface area contributed by atoms with Crippen LogP contribution in [0.25, 0.3) is 0 Å². The van der Waals surface area contributed by atoms with E-state index < -0.39 is 33.2 Å². The smallest absolute Gasteiger partial charge is 0.264 e. The lowest BCUT2D eigenvalue weighted by molar-refractivity contribution is -0.117. The molecule has 0 fully saturated rings. The van der Waals surface area contributed by atoms with Gasteiger partial charge in [0, 0.05) is 24.4 Å². The van der Waals surface area contributed by atoms with E-state index in [1.54, 1.807) is 12.1 Å². The number of halogens is 1. The van der Waals surface area contributed by atoms with Gasteiger partial charge in [-0.2, -0.15) is 0 Å². The lowest BCUT2D eigenvalue weighted by atomic mass is 10.2. The summed E-state index contributed by atoms with van der Waals surface area (Å²) in [7, 11) is -4.00. The van der Waals surface area contributed by atoms with Crippen LogP contribution in [0.5, 0.6) is 0 Å². The number of nitrogens with zero attached hydrogens (tertiary/aromatic N) is 1. The molecule has 0 saturated carbocycles. The molecule has 0 bridgehead atoms. The molecule has 31 heavy (non-hydrogen) atoms. The van der Waals surface area contributed by atoms with E-state index in [4.69, 9.17) is 0 Å². The lowest BCUT2D eigenvalue weighted by Gasteiger charge is -2.10.